The standard InChI is InChI=1S/C21H25FO6/c1-3-13-14(7-20-27-18(9-23)19(10-24)28-20)21(17(26)8-16(13)25)12-4-5-15(22)11(2)6-12/h4-6,8,18-20,23-26H,3,7,9-10H2,1-2H3/t18-,19-/m0/s1. The lowest BCUT2D eigenvalue weighted by Gasteiger charge is -2.20. The van der Waals surface area contributed by atoms with Gasteiger partial charge < -0.3 is 29.9 Å². The van der Waals surface area contributed by atoms with Gasteiger partial charge in [0.25, 0.3) is 0 Å². The minimum Gasteiger partial charge on any atom is -0.508 e. The Kier molecular flexibility index (Phi) is 6.20. The fourth-order valence-electron chi connectivity index (χ4n) is 3.67. The molecular weight excluding hydrogens is 367 g/mol. The highest BCUT2D eigenvalue weighted by molar-refractivity contribution is 5.77. The monoisotopic (exact) mass is 392 g/mol. The molecule has 0 unspecified atom stereocenters. The van der Waals surface area contributed by atoms with Gasteiger partial charge in [-0.3, -0.25) is 0 Å². The molecule has 1 heterocycles. The summed E-state index contributed by atoms with van der Waals surface area (Å²) in [7, 11) is 0. The fraction of sp³-hybridized carbons (Fsp3) is 0.429. The largest absolute Gasteiger partial charge is 0.508 e. The molecule has 0 radical (unpaired) electrons. The molecule has 7 heteroatoms. The number of phenolic OH excluding ortho intramolecular Hbond substituents is 2. The summed E-state index contributed by atoms with van der Waals surface area (Å²) in [6.45, 7) is 2.92. The number of hydrogen-bond donors (Lipinski definition) is 4. The van der Waals surface area contributed by atoms with E-state index in [0.717, 1.165) is 0 Å². The Morgan fingerprint density at radius 3 is 2.14 bits per heavy atom. The van der Waals surface area contributed by atoms with Crippen molar-refractivity contribution in [3.63, 3.8) is 0 Å². The van der Waals surface area contributed by atoms with Gasteiger partial charge in [0.15, 0.2) is 6.29 Å². The fourth-order valence-corrected chi connectivity index (χ4v) is 3.67. The summed E-state index contributed by atoms with van der Waals surface area (Å²) in [6.07, 6.45) is -1.39. The molecule has 6 nitrogen and oxygen atoms in total. The van der Waals surface area contributed by atoms with E-state index in [9.17, 15) is 24.8 Å². The third-order valence-electron chi connectivity index (χ3n) is 5.10. The van der Waals surface area contributed by atoms with E-state index in [-0.39, 0.29) is 37.0 Å². The molecule has 2 atom stereocenters. The Hall–Kier alpha value is -2.19. The Morgan fingerprint density at radius 1 is 0.964 bits per heavy atom. The van der Waals surface area contributed by atoms with Gasteiger partial charge >= 0.3 is 0 Å². The Labute approximate surface area is 162 Å². The van der Waals surface area contributed by atoms with Gasteiger partial charge in [0.1, 0.15) is 29.5 Å². The minimum absolute atomic E-state index is 0.0482. The number of aliphatic hydroxyl groups excluding tert-OH is 2. The van der Waals surface area contributed by atoms with Crippen LogP contribution in [0.5, 0.6) is 11.5 Å². The first-order valence-corrected chi connectivity index (χ1v) is 9.25. The molecule has 1 saturated heterocycles. The molecular formula is C21H25FO6. The summed E-state index contributed by atoms with van der Waals surface area (Å²) in [6, 6.07) is 5.81. The van der Waals surface area contributed by atoms with Crippen LogP contribution in [0.3, 0.4) is 0 Å². The summed E-state index contributed by atoms with van der Waals surface area (Å²) < 4.78 is 25.1. The second-order valence-corrected chi connectivity index (χ2v) is 6.91. The Morgan fingerprint density at radius 2 is 1.61 bits per heavy atom. The molecule has 2 aromatic rings. The average Bonchev–Trinajstić information content (AvgIpc) is 3.06. The SMILES string of the molecule is CCc1c(O)cc(O)c(-c2ccc(F)c(C)c2)c1CC1O[C@@H](CO)[C@H](CO)O1. The molecule has 1 aliphatic rings. The van der Waals surface area contributed by atoms with E-state index in [0.29, 0.717) is 34.2 Å². The van der Waals surface area contributed by atoms with Crippen LogP contribution >= 0.6 is 0 Å². The maximum atomic E-state index is 13.7. The number of ether oxygens (including phenoxy) is 2. The van der Waals surface area contributed by atoms with Crippen LogP contribution in [0.2, 0.25) is 0 Å². The van der Waals surface area contributed by atoms with Crippen molar-refractivity contribution in [2.75, 3.05) is 13.2 Å². The molecule has 28 heavy (non-hydrogen) atoms. The number of benzene rings is 2. The van der Waals surface area contributed by atoms with E-state index in [2.05, 4.69) is 0 Å². The molecule has 0 aliphatic carbocycles. The van der Waals surface area contributed by atoms with Crippen molar-refractivity contribution < 1.29 is 34.3 Å². The maximum absolute atomic E-state index is 13.7. The zero-order valence-corrected chi connectivity index (χ0v) is 15.9. The molecule has 4 N–H and O–H groups in total. The predicted octanol–water partition coefficient (Wildman–Crippen LogP) is 2.41. The van der Waals surface area contributed by atoms with E-state index in [1.54, 1.807) is 19.1 Å². The second kappa shape index (κ2) is 8.45. The lowest BCUT2D eigenvalue weighted by molar-refractivity contribution is -0.0725. The van der Waals surface area contributed by atoms with Gasteiger partial charge in [0.05, 0.1) is 13.2 Å². The van der Waals surface area contributed by atoms with Gasteiger partial charge in [0.2, 0.25) is 0 Å². The van der Waals surface area contributed by atoms with E-state index in [1.165, 1.54) is 12.1 Å². The molecule has 0 amide bonds. The average molecular weight is 392 g/mol. The van der Waals surface area contributed by atoms with Crippen molar-refractivity contribution in [1.29, 1.82) is 0 Å². The van der Waals surface area contributed by atoms with Crippen molar-refractivity contribution >= 4 is 0 Å². The van der Waals surface area contributed by atoms with E-state index < -0.39 is 18.5 Å². The molecule has 0 bridgehead atoms. The molecule has 3 rings (SSSR count). The number of aliphatic hydroxyl groups is 2. The third kappa shape index (κ3) is 3.84. The highest BCUT2D eigenvalue weighted by Gasteiger charge is 2.36. The second-order valence-electron chi connectivity index (χ2n) is 6.91. The summed E-state index contributed by atoms with van der Waals surface area (Å²) >= 11 is 0. The molecule has 0 aromatic heterocycles. The lowest BCUT2D eigenvalue weighted by atomic mass is 9.89. The zero-order chi connectivity index (χ0) is 20.4. The summed E-state index contributed by atoms with van der Waals surface area (Å²) in [5.41, 5.74) is 2.75. The van der Waals surface area contributed by atoms with Crippen molar-refractivity contribution in [3.8, 4) is 22.6 Å². The smallest absolute Gasteiger partial charge is 0.162 e. The van der Waals surface area contributed by atoms with Crippen LogP contribution in [-0.2, 0) is 22.3 Å². The van der Waals surface area contributed by atoms with Crippen LogP contribution in [0.15, 0.2) is 24.3 Å². The highest BCUT2D eigenvalue weighted by Crippen LogP contribution is 2.41. The quantitative estimate of drug-likeness (QED) is 0.603. The topological polar surface area (TPSA) is 99.4 Å². The van der Waals surface area contributed by atoms with Gasteiger partial charge in [-0.25, -0.2) is 4.39 Å². The van der Waals surface area contributed by atoms with E-state index >= 15 is 0 Å². The van der Waals surface area contributed by atoms with Gasteiger partial charge in [-0.2, -0.15) is 0 Å². The molecule has 0 spiro atoms. The third-order valence-corrected chi connectivity index (χ3v) is 5.10. The molecule has 0 saturated carbocycles. The molecule has 1 fully saturated rings. The summed E-state index contributed by atoms with van der Waals surface area (Å²) in [5, 5.41) is 39.7. The minimum atomic E-state index is -0.763. The van der Waals surface area contributed by atoms with Crippen LogP contribution in [0.25, 0.3) is 11.1 Å². The molecule has 1 aliphatic heterocycles. The van der Waals surface area contributed by atoms with Gasteiger partial charge in [0, 0.05) is 18.1 Å². The normalized spacial score (nSPS) is 20.0. The van der Waals surface area contributed by atoms with Crippen LogP contribution in [0, 0.1) is 12.7 Å². The molecule has 152 valence electrons. The first-order valence-electron chi connectivity index (χ1n) is 9.25. The Balaban J connectivity index is 2.07. The van der Waals surface area contributed by atoms with Gasteiger partial charge in [-0.1, -0.05) is 13.0 Å². The predicted molar refractivity (Wildman–Crippen MR) is 101 cm³/mol. The number of hydrogen-bond acceptors (Lipinski definition) is 6. The van der Waals surface area contributed by atoms with Crippen molar-refractivity contribution in [2.45, 2.75) is 45.2 Å². The number of phenols is 2. The summed E-state index contributed by atoms with van der Waals surface area (Å²) in [4.78, 5) is 0. The number of halogens is 1. The van der Waals surface area contributed by atoms with Gasteiger partial charge in [-0.05, 0) is 47.7 Å². The van der Waals surface area contributed by atoms with Crippen LogP contribution in [0.4, 0.5) is 4.39 Å². The lowest BCUT2D eigenvalue weighted by Crippen LogP contribution is -2.29. The van der Waals surface area contributed by atoms with Crippen molar-refractivity contribution in [3.05, 3.63) is 46.8 Å². The van der Waals surface area contributed by atoms with Crippen molar-refractivity contribution in [2.24, 2.45) is 0 Å². The Bertz CT molecular complexity index is 841. The first kappa shape index (κ1) is 20.5. The van der Waals surface area contributed by atoms with Crippen LogP contribution < -0.4 is 0 Å². The van der Waals surface area contributed by atoms with Crippen molar-refractivity contribution in [1.82, 2.24) is 0 Å². The highest BCUT2D eigenvalue weighted by atomic mass is 19.1. The van der Waals surface area contributed by atoms with E-state index in [1.807, 2.05) is 6.92 Å². The maximum Gasteiger partial charge on any atom is 0.162 e. The molecule has 2 aromatic carbocycles. The summed E-state index contributed by atoms with van der Waals surface area (Å²) in [5.74, 6) is -0.530. The van der Waals surface area contributed by atoms with Crippen LogP contribution in [-0.4, -0.2) is 52.1 Å². The number of rotatable bonds is 6. The zero-order valence-electron chi connectivity index (χ0n) is 15.9. The van der Waals surface area contributed by atoms with Gasteiger partial charge in [-0.15, -0.1) is 0 Å². The van der Waals surface area contributed by atoms with E-state index in [4.69, 9.17) is 9.47 Å². The van der Waals surface area contributed by atoms with Crippen LogP contribution in [0.1, 0.15) is 23.6 Å². The first-order chi connectivity index (χ1) is 13.4. The number of aromatic hydroxyl groups is 2. The number of aryl methyl sites for hydroxylation is 1.